The summed E-state index contributed by atoms with van der Waals surface area (Å²) in [4.78, 5) is 14.5. The zero-order valence-corrected chi connectivity index (χ0v) is 20.3. The van der Waals surface area contributed by atoms with Crippen molar-refractivity contribution >= 4 is 16.0 Å². The molecule has 1 atom stereocenters. The lowest BCUT2D eigenvalue weighted by atomic mass is 10.1. The predicted molar refractivity (Wildman–Crippen MR) is 127 cm³/mol. The Kier molecular flexibility index (Phi) is 7.85. The van der Waals surface area contributed by atoms with Gasteiger partial charge >= 0.3 is 10.1 Å². The molecular weight excluding hydrogens is 492 g/mol. The third-order valence-corrected chi connectivity index (χ3v) is 6.99. The largest absolute Gasteiger partial charge is 0.493 e. The fourth-order valence-electron chi connectivity index (χ4n) is 3.93. The summed E-state index contributed by atoms with van der Waals surface area (Å²) in [6.45, 7) is 0.876. The minimum absolute atomic E-state index is 0.0456. The van der Waals surface area contributed by atoms with Crippen molar-refractivity contribution in [1.29, 1.82) is 0 Å². The van der Waals surface area contributed by atoms with Crippen LogP contribution in [0.5, 0.6) is 11.5 Å². The fourth-order valence-corrected chi connectivity index (χ4v) is 4.86. The number of carbonyl (C=O) groups excluding carboxylic acids is 1. The van der Waals surface area contributed by atoms with Gasteiger partial charge in [-0.15, -0.1) is 0 Å². The van der Waals surface area contributed by atoms with Gasteiger partial charge in [-0.1, -0.05) is 18.2 Å². The van der Waals surface area contributed by atoms with Crippen molar-refractivity contribution in [3.05, 3.63) is 89.5 Å². The van der Waals surface area contributed by atoms with E-state index in [-0.39, 0.29) is 41.2 Å². The van der Waals surface area contributed by atoms with E-state index in [1.54, 1.807) is 12.1 Å². The fraction of sp³-hybridized carbons (Fsp3) is 0.269. The van der Waals surface area contributed by atoms with E-state index in [1.165, 1.54) is 42.3 Å². The highest BCUT2D eigenvalue weighted by Crippen LogP contribution is 2.32. The molecule has 10 heteroatoms. The highest BCUT2D eigenvalue weighted by Gasteiger charge is 2.26. The first-order valence-electron chi connectivity index (χ1n) is 11.3. The predicted octanol–water partition coefficient (Wildman–Crippen LogP) is 4.56. The average Bonchev–Trinajstić information content (AvgIpc) is 3.37. The number of methoxy groups -OCH3 is 1. The molecule has 0 aromatic heterocycles. The van der Waals surface area contributed by atoms with Crippen molar-refractivity contribution in [1.82, 2.24) is 4.90 Å². The second-order valence-electron chi connectivity index (χ2n) is 8.28. The number of halogens is 2. The Hall–Kier alpha value is -3.50. The summed E-state index contributed by atoms with van der Waals surface area (Å²) in [7, 11) is -2.93. The first-order chi connectivity index (χ1) is 17.3. The van der Waals surface area contributed by atoms with Crippen molar-refractivity contribution in [2.75, 3.05) is 20.3 Å². The van der Waals surface area contributed by atoms with Crippen molar-refractivity contribution in [2.24, 2.45) is 0 Å². The van der Waals surface area contributed by atoms with Crippen LogP contribution in [0.3, 0.4) is 0 Å². The monoisotopic (exact) mass is 517 g/mol. The van der Waals surface area contributed by atoms with Crippen molar-refractivity contribution < 1.29 is 35.6 Å². The van der Waals surface area contributed by atoms with E-state index < -0.39 is 27.7 Å². The van der Waals surface area contributed by atoms with Gasteiger partial charge in [-0.25, -0.2) is 8.78 Å². The first kappa shape index (κ1) is 25.6. The zero-order valence-electron chi connectivity index (χ0n) is 19.5. The number of benzene rings is 3. The molecule has 0 aliphatic carbocycles. The second kappa shape index (κ2) is 11.0. The van der Waals surface area contributed by atoms with Crippen LogP contribution in [0.2, 0.25) is 0 Å². The number of carbonyl (C=O) groups is 1. The van der Waals surface area contributed by atoms with E-state index in [0.717, 1.165) is 37.1 Å². The van der Waals surface area contributed by atoms with Crippen LogP contribution in [-0.4, -0.2) is 45.6 Å². The molecule has 1 aliphatic heterocycles. The summed E-state index contributed by atoms with van der Waals surface area (Å²) < 4.78 is 69.4. The van der Waals surface area contributed by atoms with Crippen molar-refractivity contribution in [3.63, 3.8) is 0 Å². The van der Waals surface area contributed by atoms with E-state index in [2.05, 4.69) is 0 Å². The molecule has 0 unspecified atom stereocenters. The Morgan fingerprint density at radius 2 is 1.81 bits per heavy atom. The van der Waals surface area contributed by atoms with Gasteiger partial charge in [0.2, 0.25) is 0 Å². The van der Waals surface area contributed by atoms with Gasteiger partial charge in [0, 0.05) is 19.7 Å². The van der Waals surface area contributed by atoms with Crippen LogP contribution in [0.15, 0.2) is 71.6 Å². The summed E-state index contributed by atoms with van der Waals surface area (Å²) >= 11 is 0. The van der Waals surface area contributed by atoms with E-state index in [1.807, 2.05) is 0 Å². The minimum Gasteiger partial charge on any atom is -0.493 e. The molecule has 1 amide bonds. The topological polar surface area (TPSA) is 82.1 Å². The highest BCUT2D eigenvalue weighted by atomic mass is 32.2. The maximum atomic E-state index is 14.4. The van der Waals surface area contributed by atoms with Crippen LogP contribution in [0.4, 0.5) is 8.78 Å². The molecule has 0 radical (unpaired) electrons. The van der Waals surface area contributed by atoms with Crippen LogP contribution < -0.4 is 8.92 Å². The van der Waals surface area contributed by atoms with Gasteiger partial charge in [-0.2, -0.15) is 8.42 Å². The summed E-state index contributed by atoms with van der Waals surface area (Å²) in [6, 6.07) is 14.6. The number of hydrogen-bond donors (Lipinski definition) is 0. The normalized spacial score (nSPS) is 15.5. The smallest absolute Gasteiger partial charge is 0.339 e. The molecule has 0 spiro atoms. The maximum absolute atomic E-state index is 14.4. The van der Waals surface area contributed by atoms with Crippen LogP contribution in [0.1, 0.15) is 28.8 Å². The molecule has 0 bridgehead atoms. The number of amides is 1. The Morgan fingerprint density at radius 3 is 2.47 bits per heavy atom. The molecule has 3 aromatic carbocycles. The number of ether oxygens (including phenoxy) is 2. The average molecular weight is 518 g/mol. The van der Waals surface area contributed by atoms with Crippen LogP contribution in [-0.2, 0) is 21.4 Å². The Bertz CT molecular complexity index is 1320. The second-order valence-corrected chi connectivity index (χ2v) is 9.82. The highest BCUT2D eigenvalue weighted by molar-refractivity contribution is 7.87. The molecule has 4 rings (SSSR count). The molecule has 1 saturated heterocycles. The molecule has 3 aromatic rings. The maximum Gasteiger partial charge on any atom is 0.339 e. The standard InChI is InChI=1S/C26H25F2NO6S/c1-33-24-13-8-18(15-25(24)35-36(31,32)21-11-9-19(27)10-12-21)16-29(17-20-5-4-14-34-20)26(30)22-6-2-3-7-23(22)28/h2-3,6-13,15,20H,4-5,14,16-17H2,1H3/t20-/m0/s1. The van der Waals surface area contributed by atoms with Gasteiger partial charge in [0.05, 0.1) is 18.8 Å². The third-order valence-electron chi connectivity index (χ3n) is 5.74. The SMILES string of the molecule is COc1ccc(CN(C[C@@H]2CCCO2)C(=O)c2ccccc2F)cc1OS(=O)(=O)c1ccc(F)cc1. The van der Waals surface area contributed by atoms with Gasteiger partial charge < -0.3 is 18.6 Å². The lowest BCUT2D eigenvalue weighted by Gasteiger charge is -2.26. The molecular formula is C26H25F2NO6S. The van der Waals surface area contributed by atoms with Gasteiger partial charge in [0.1, 0.15) is 16.5 Å². The summed E-state index contributed by atoms with van der Waals surface area (Å²) in [5.41, 5.74) is 0.460. The number of rotatable bonds is 9. The number of nitrogens with zero attached hydrogens (tertiary/aromatic N) is 1. The lowest BCUT2D eigenvalue weighted by Crippen LogP contribution is -2.37. The summed E-state index contributed by atoms with van der Waals surface area (Å²) in [5.74, 6) is -1.69. The molecule has 190 valence electrons. The molecule has 0 N–H and O–H groups in total. The van der Waals surface area contributed by atoms with Gasteiger partial charge in [-0.05, 0) is 66.9 Å². The van der Waals surface area contributed by atoms with Crippen molar-refractivity contribution in [3.8, 4) is 11.5 Å². The molecule has 7 nitrogen and oxygen atoms in total. The van der Waals surface area contributed by atoms with Gasteiger partial charge in [0.15, 0.2) is 11.5 Å². The van der Waals surface area contributed by atoms with Gasteiger partial charge in [-0.3, -0.25) is 4.79 Å². The summed E-state index contributed by atoms with van der Waals surface area (Å²) in [6.07, 6.45) is 1.45. The van der Waals surface area contributed by atoms with E-state index in [0.29, 0.717) is 12.2 Å². The lowest BCUT2D eigenvalue weighted by molar-refractivity contribution is 0.0503. The summed E-state index contributed by atoms with van der Waals surface area (Å²) in [5, 5.41) is 0. The van der Waals surface area contributed by atoms with Crippen LogP contribution >= 0.6 is 0 Å². The molecule has 1 heterocycles. The van der Waals surface area contributed by atoms with E-state index in [9.17, 15) is 22.0 Å². The third kappa shape index (κ3) is 6.00. The van der Waals surface area contributed by atoms with E-state index >= 15 is 0 Å². The molecule has 1 fully saturated rings. The Morgan fingerprint density at radius 1 is 1.06 bits per heavy atom. The Labute approximate surface area is 208 Å². The van der Waals surface area contributed by atoms with E-state index in [4.69, 9.17) is 13.7 Å². The van der Waals surface area contributed by atoms with Gasteiger partial charge in [0.25, 0.3) is 5.91 Å². The Balaban J connectivity index is 1.62. The van der Waals surface area contributed by atoms with Crippen LogP contribution in [0.25, 0.3) is 0 Å². The van der Waals surface area contributed by atoms with Crippen LogP contribution in [0, 0.1) is 11.6 Å². The number of hydrogen-bond acceptors (Lipinski definition) is 6. The molecule has 0 saturated carbocycles. The van der Waals surface area contributed by atoms with Crippen molar-refractivity contribution in [2.45, 2.75) is 30.4 Å². The first-order valence-corrected chi connectivity index (χ1v) is 12.7. The molecule has 36 heavy (non-hydrogen) atoms. The zero-order chi connectivity index (χ0) is 25.7. The minimum atomic E-state index is -4.29. The quantitative estimate of drug-likeness (QED) is 0.387. The molecule has 1 aliphatic rings.